The third-order valence-electron chi connectivity index (χ3n) is 3.31. The summed E-state index contributed by atoms with van der Waals surface area (Å²) in [4.78, 5) is 2.48. The van der Waals surface area contributed by atoms with E-state index in [1.807, 2.05) is 12.1 Å². The average molecular weight is 249 g/mol. The Morgan fingerprint density at radius 2 is 2.29 bits per heavy atom. The van der Waals surface area contributed by atoms with Crippen LogP contribution in [-0.4, -0.2) is 24.5 Å². The van der Waals surface area contributed by atoms with E-state index in [2.05, 4.69) is 17.9 Å². The average Bonchev–Trinajstić information content (AvgIpc) is 2.72. The molecule has 0 saturated carbocycles. The number of hydrogen-bond acceptors (Lipinski definition) is 2. The second kappa shape index (κ2) is 5.53. The van der Waals surface area contributed by atoms with Crippen molar-refractivity contribution in [1.29, 1.82) is 5.26 Å². The number of benzene rings is 1. The Hall–Kier alpha value is -1.04. The summed E-state index contributed by atoms with van der Waals surface area (Å²) in [5, 5.41) is 9.54. The second-order valence-corrected chi connectivity index (χ2v) is 5.34. The normalized spacial score (nSPS) is 20.4. The maximum atomic E-state index is 8.88. The lowest BCUT2D eigenvalue weighted by atomic mass is 10.1. The summed E-state index contributed by atoms with van der Waals surface area (Å²) < 4.78 is 0. The molecule has 2 nitrogen and oxygen atoms in total. The molecule has 0 aromatic heterocycles. The Labute approximate surface area is 108 Å². The number of nitrogens with zero attached hydrogens (tertiary/aromatic N) is 2. The molecule has 1 aromatic rings. The van der Waals surface area contributed by atoms with Crippen molar-refractivity contribution >= 4 is 11.6 Å². The van der Waals surface area contributed by atoms with Crippen molar-refractivity contribution in [3.05, 3.63) is 34.3 Å². The van der Waals surface area contributed by atoms with E-state index < -0.39 is 0 Å². The van der Waals surface area contributed by atoms with Crippen molar-refractivity contribution in [1.82, 2.24) is 4.90 Å². The molecule has 0 unspecified atom stereocenters. The van der Waals surface area contributed by atoms with Crippen LogP contribution < -0.4 is 0 Å². The molecule has 0 aliphatic carbocycles. The van der Waals surface area contributed by atoms with E-state index in [9.17, 15) is 0 Å². The summed E-state index contributed by atoms with van der Waals surface area (Å²) in [6, 6.07) is 7.75. The van der Waals surface area contributed by atoms with Gasteiger partial charge < -0.3 is 4.90 Å². The Morgan fingerprint density at radius 3 is 2.94 bits per heavy atom. The maximum Gasteiger partial charge on any atom is 0.0992 e. The lowest BCUT2D eigenvalue weighted by molar-refractivity contribution is 0.332. The van der Waals surface area contributed by atoms with Crippen LogP contribution in [0.2, 0.25) is 5.02 Å². The molecule has 1 aromatic carbocycles. The molecule has 0 bridgehead atoms. The minimum atomic E-state index is 0.655. The Morgan fingerprint density at radius 1 is 1.47 bits per heavy atom. The number of nitriles is 1. The first-order valence-electron chi connectivity index (χ1n) is 6.09. The van der Waals surface area contributed by atoms with Crippen LogP contribution in [-0.2, 0) is 6.42 Å². The van der Waals surface area contributed by atoms with Gasteiger partial charge in [0.15, 0.2) is 0 Å². The number of hydrogen-bond donors (Lipinski definition) is 0. The van der Waals surface area contributed by atoms with Crippen molar-refractivity contribution in [3.63, 3.8) is 0 Å². The third-order valence-corrected chi connectivity index (χ3v) is 3.53. The monoisotopic (exact) mass is 248 g/mol. The van der Waals surface area contributed by atoms with Gasteiger partial charge in [0.1, 0.15) is 0 Å². The van der Waals surface area contributed by atoms with Gasteiger partial charge in [-0.3, -0.25) is 0 Å². The zero-order valence-electron chi connectivity index (χ0n) is 10.1. The molecule has 0 N–H and O–H groups in total. The Kier molecular flexibility index (Phi) is 4.04. The van der Waals surface area contributed by atoms with Gasteiger partial charge in [0.2, 0.25) is 0 Å². The van der Waals surface area contributed by atoms with Gasteiger partial charge in [0, 0.05) is 18.1 Å². The molecule has 3 heteroatoms. The van der Waals surface area contributed by atoms with Crippen molar-refractivity contribution in [2.45, 2.75) is 19.8 Å². The fraction of sp³-hybridized carbons (Fsp3) is 0.500. The molecule has 1 heterocycles. The molecule has 2 rings (SSSR count). The molecular formula is C14H17ClN2. The standard InChI is InChI=1S/C14H17ClN2/c1-11-2-4-17(10-11)5-3-12-6-13(9-16)8-14(15)7-12/h6-8,11H,2-5,10H2,1H3/t11-/m0/s1. The van der Waals surface area contributed by atoms with Gasteiger partial charge in [0.25, 0.3) is 0 Å². The van der Waals surface area contributed by atoms with Crippen LogP contribution in [0.1, 0.15) is 24.5 Å². The van der Waals surface area contributed by atoms with Gasteiger partial charge in [0.05, 0.1) is 11.6 Å². The smallest absolute Gasteiger partial charge is 0.0992 e. The summed E-state index contributed by atoms with van der Waals surface area (Å²) in [5.74, 6) is 0.823. The zero-order chi connectivity index (χ0) is 12.3. The predicted octanol–water partition coefficient (Wildman–Crippen LogP) is 3.10. The first-order valence-corrected chi connectivity index (χ1v) is 6.47. The third kappa shape index (κ3) is 3.46. The molecule has 1 fully saturated rings. The molecule has 1 atom stereocenters. The summed E-state index contributed by atoms with van der Waals surface area (Å²) in [6.45, 7) is 5.77. The highest BCUT2D eigenvalue weighted by Crippen LogP contribution is 2.18. The SMILES string of the molecule is C[C@H]1CCN(CCc2cc(Cl)cc(C#N)c2)C1. The summed E-state index contributed by atoms with van der Waals surface area (Å²) in [6.07, 6.45) is 2.28. The predicted molar refractivity (Wildman–Crippen MR) is 70.1 cm³/mol. The highest BCUT2D eigenvalue weighted by atomic mass is 35.5. The van der Waals surface area contributed by atoms with Crippen molar-refractivity contribution in [2.75, 3.05) is 19.6 Å². The van der Waals surface area contributed by atoms with E-state index in [1.54, 1.807) is 6.07 Å². The number of rotatable bonds is 3. The Bertz CT molecular complexity index is 436. The van der Waals surface area contributed by atoms with Crippen LogP contribution in [0.15, 0.2) is 18.2 Å². The van der Waals surface area contributed by atoms with E-state index in [1.165, 1.54) is 19.5 Å². The zero-order valence-corrected chi connectivity index (χ0v) is 10.9. The highest BCUT2D eigenvalue weighted by molar-refractivity contribution is 6.30. The van der Waals surface area contributed by atoms with Crippen LogP contribution in [0.25, 0.3) is 0 Å². The van der Waals surface area contributed by atoms with Gasteiger partial charge in [-0.2, -0.15) is 5.26 Å². The van der Waals surface area contributed by atoms with Crippen LogP contribution in [0.3, 0.4) is 0 Å². The lowest BCUT2D eigenvalue weighted by Gasteiger charge is -2.15. The van der Waals surface area contributed by atoms with Crippen molar-refractivity contribution in [2.24, 2.45) is 5.92 Å². The molecule has 0 amide bonds. The van der Waals surface area contributed by atoms with Gasteiger partial charge in [-0.05, 0) is 49.1 Å². The van der Waals surface area contributed by atoms with Crippen molar-refractivity contribution < 1.29 is 0 Å². The molecule has 1 aliphatic heterocycles. The fourth-order valence-electron chi connectivity index (χ4n) is 2.38. The first-order chi connectivity index (χ1) is 8.17. The minimum Gasteiger partial charge on any atom is -0.303 e. The van der Waals surface area contributed by atoms with Crippen LogP contribution in [0, 0.1) is 17.2 Å². The molecular weight excluding hydrogens is 232 g/mol. The van der Waals surface area contributed by atoms with Crippen LogP contribution in [0.5, 0.6) is 0 Å². The summed E-state index contributed by atoms with van der Waals surface area (Å²) >= 11 is 5.98. The number of likely N-dealkylation sites (tertiary alicyclic amines) is 1. The molecule has 17 heavy (non-hydrogen) atoms. The maximum absolute atomic E-state index is 8.88. The molecule has 90 valence electrons. The largest absolute Gasteiger partial charge is 0.303 e. The molecule has 1 aliphatic rings. The van der Waals surface area contributed by atoms with E-state index >= 15 is 0 Å². The number of halogens is 1. The highest BCUT2D eigenvalue weighted by Gasteiger charge is 2.17. The van der Waals surface area contributed by atoms with E-state index in [4.69, 9.17) is 16.9 Å². The quantitative estimate of drug-likeness (QED) is 0.822. The van der Waals surface area contributed by atoms with Crippen molar-refractivity contribution in [3.8, 4) is 6.07 Å². The summed E-state index contributed by atoms with van der Waals surface area (Å²) in [7, 11) is 0. The van der Waals surface area contributed by atoms with E-state index in [0.717, 1.165) is 24.4 Å². The topological polar surface area (TPSA) is 27.0 Å². The minimum absolute atomic E-state index is 0.655. The van der Waals surface area contributed by atoms with Gasteiger partial charge >= 0.3 is 0 Å². The fourth-order valence-corrected chi connectivity index (χ4v) is 2.63. The van der Waals surface area contributed by atoms with Gasteiger partial charge in [-0.15, -0.1) is 0 Å². The molecule has 0 spiro atoms. The molecule has 1 saturated heterocycles. The van der Waals surface area contributed by atoms with E-state index in [0.29, 0.717) is 10.6 Å². The summed E-state index contributed by atoms with van der Waals surface area (Å²) in [5.41, 5.74) is 1.82. The molecule has 0 radical (unpaired) electrons. The second-order valence-electron chi connectivity index (χ2n) is 4.90. The first kappa shape index (κ1) is 12.4. The van der Waals surface area contributed by atoms with Gasteiger partial charge in [-0.1, -0.05) is 18.5 Å². The van der Waals surface area contributed by atoms with Crippen LogP contribution in [0.4, 0.5) is 0 Å². The van der Waals surface area contributed by atoms with Crippen LogP contribution >= 0.6 is 11.6 Å². The van der Waals surface area contributed by atoms with Gasteiger partial charge in [-0.25, -0.2) is 0 Å². The lowest BCUT2D eigenvalue weighted by Crippen LogP contribution is -2.23. The van der Waals surface area contributed by atoms with E-state index in [-0.39, 0.29) is 0 Å². The Balaban J connectivity index is 1.95.